The van der Waals surface area contributed by atoms with Gasteiger partial charge in [-0.25, -0.2) is 0 Å². The molecule has 0 spiro atoms. The van der Waals surface area contributed by atoms with Gasteiger partial charge in [0, 0.05) is 21.7 Å². The van der Waals surface area contributed by atoms with Crippen LogP contribution in [0.1, 0.15) is 26.3 Å². The number of aromatic hydroxyl groups is 2. The summed E-state index contributed by atoms with van der Waals surface area (Å²) in [5, 5.41) is 24.2. The zero-order valence-corrected chi connectivity index (χ0v) is 16.3. The van der Waals surface area contributed by atoms with Gasteiger partial charge in [-0.15, -0.1) is 0 Å². The van der Waals surface area contributed by atoms with Crippen LogP contribution in [-0.4, -0.2) is 10.2 Å². The van der Waals surface area contributed by atoms with Gasteiger partial charge in [0.05, 0.1) is 10.4 Å². The van der Waals surface area contributed by atoms with Crippen molar-refractivity contribution in [3.8, 4) is 11.5 Å². The number of fused-ring (bicyclic) bond motifs is 5. The molecular weight excluding hydrogens is 404 g/mol. The van der Waals surface area contributed by atoms with Gasteiger partial charge in [-0.1, -0.05) is 56.6 Å². The third kappa shape index (κ3) is 2.24. The maximum absolute atomic E-state index is 10.6. The number of phenols is 2. The molecule has 128 valence electrons. The number of furan rings is 1. The SMILES string of the molecule is CC(C)(C)c1cc2c(oc3c4ccccc4c(O)c(Cl)c23)c(Br)c1O. The van der Waals surface area contributed by atoms with Crippen molar-refractivity contribution < 1.29 is 14.6 Å². The minimum Gasteiger partial charge on any atom is -0.506 e. The number of phenolic OH excluding ortho intramolecular Hbond substituents is 2. The third-order valence-electron chi connectivity index (χ3n) is 4.56. The smallest absolute Gasteiger partial charge is 0.153 e. The Morgan fingerprint density at radius 3 is 2.24 bits per heavy atom. The van der Waals surface area contributed by atoms with E-state index in [9.17, 15) is 10.2 Å². The van der Waals surface area contributed by atoms with Gasteiger partial charge in [0.2, 0.25) is 0 Å². The van der Waals surface area contributed by atoms with E-state index in [1.807, 2.05) is 45.0 Å². The van der Waals surface area contributed by atoms with Crippen molar-refractivity contribution in [2.24, 2.45) is 0 Å². The summed E-state index contributed by atoms with van der Waals surface area (Å²) in [6, 6.07) is 9.30. The summed E-state index contributed by atoms with van der Waals surface area (Å²) in [4.78, 5) is 0. The third-order valence-corrected chi connectivity index (χ3v) is 5.66. The van der Waals surface area contributed by atoms with Crippen LogP contribution < -0.4 is 0 Å². The molecule has 0 aliphatic rings. The number of hydrogen-bond acceptors (Lipinski definition) is 3. The Bertz CT molecular complexity index is 1170. The van der Waals surface area contributed by atoms with E-state index in [2.05, 4.69) is 15.9 Å². The molecule has 1 aromatic heterocycles. The second-order valence-corrected chi connectivity index (χ2v) is 8.40. The first-order valence-electron chi connectivity index (χ1n) is 7.89. The van der Waals surface area contributed by atoms with Crippen LogP contribution in [0.2, 0.25) is 5.02 Å². The predicted octanol–water partition coefficient (Wildman–Crippen LogP) is 6.86. The predicted molar refractivity (Wildman–Crippen MR) is 106 cm³/mol. The van der Waals surface area contributed by atoms with E-state index in [4.69, 9.17) is 16.0 Å². The lowest BCUT2D eigenvalue weighted by Crippen LogP contribution is -2.11. The average Bonchev–Trinajstić information content (AvgIpc) is 2.95. The van der Waals surface area contributed by atoms with Gasteiger partial charge >= 0.3 is 0 Å². The molecular formula is C20H16BrClO3. The number of rotatable bonds is 0. The second kappa shape index (κ2) is 5.29. The molecule has 3 nitrogen and oxygen atoms in total. The van der Waals surface area contributed by atoms with Crippen LogP contribution in [0, 0.1) is 0 Å². The van der Waals surface area contributed by atoms with Gasteiger partial charge in [0.1, 0.15) is 21.6 Å². The van der Waals surface area contributed by atoms with Crippen molar-refractivity contribution in [3.05, 3.63) is 45.4 Å². The summed E-state index contributed by atoms with van der Waals surface area (Å²) in [5.41, 5.74) is 1.62. The monoisotopic (exact) mass is 418 g/mol. The van der Waals surface area contributed by atoms with Crippen LogP contribution >= 0.6 is 27.5 Å². The van der Waals surface area contributed by atoms with E-state index in [1.165, 1.54) is 0 Å². The van der Waals surface area contributed by atoms with Gasteiger partial charge in [-0.05, 0) is 27.4 Å². The maximum Gasteiger partial charge on any atom is 0.153 e. The Hall–Kier alpha value is -1.91. The number of benzene rings is 3. The van der Waals surface area contributed by atoms with Crippen molar-refractivity contribution in [1.29, 1.82) is 0 Å². The Balaban J connectivity index is 2.31. The molecule has 0 saturated carbocycles. The van der Waals surface area contributed by atoms with Crippen LogP contribution in [0.15, 0.2) is 39.2 Å². The van der Waals surface area contributed by atoms with Crippen molar-refractivity contribution in [2.45, 2.75) is 26.2 Å². The van der Waals surface area contributed by atoms with Crippen LogP contribution in [0.25, 0.3) is 32.7 Å². The van der Waals surface area contributed by atoms with E-state index >= 15 is 0 Å². The molecule has 0 bridgehead atoms. The van der Waals surface area contributed by atoms with Crippen molar-refractivity contribution >= 4 is 60.2 Å². The fraction of sp³-hybridized carbons (Fsp3) is 0.200. The maximum atomic E-state index is 10.6. The lowest BCUT2D eigenvalue weighted by molar-refractivity contribution is 0.443. The van der Waals surface area contributed by atoms with Crippen LogP contribution in [-0.2, 0) is 5.41 Å². The summed E-state index contributed by atoms with van der Waals surface area (Å²) in [6.45, 7) is 6.07. The van der Waals surface area contributed by atoms with Gasteiger partial charge < -0.3 is 14.6 Å². The largest absolute Gasteiger partial charge is 0.506 e. The van der Waals surface area contributed by atoms with Crippen LogP contribution in [0.5, 0.6) is 11.5 Å². The van der Waals surface area contributed by atoms with Gasteiger partial charge in [-0.3, -0.25) is 0 Å². The Morgan fingerprint density at radius 2 is 1.60 bits per heavy atom. The molecule has 0 saturated heterocycles. The molecule has 4 aromatic rings. The average molecular weight is 420 g/mol. The molecule has 1 heterocycles. The van der Waals surface area contributed by atoms with E-state index in [-0.39, 0.29) is 21.9 Å². The summed E-state index contributed by atoms with van der Waals surface area (Å²) >= 11 is 9.96. The molecule has 0 fully saturated rings. The second-order valence-electron chi connectivity index (χ2n) is 7.23. The Labute approximate surface area is 157 Å². The zero-order chi connectivity index (χ0) is 18.1. The molecule has 3 aromatic carbocycles. The van der Waals surface area contributed by atoms with Crippen LogP contribution in [0.4, 0.5) is 0 Å². The normalized spacial score (nSPS) is 12.5. The highest BCUT2D eigenvalue weighted by atomic mass is 79.9. The first kappa shape index (κ1) is 16.6. The first-order valence-corrected chi connectivity index (χ1v) is 9.06. The van der Waals surface area contributed by atoms with Gasteiger partial charge in [0.15, 0.2) is 5.58 Å². The highest BCUT2D eigenvalue weighted by Gasteiger charge is 2.26. The molecule has 0 unspecified atom stereocenters. The Morgan fingerprint density at radius 1 is 0.960 bits per heavy atom. The first-order chi connectivity index (χ1) is 11.7. The summed E-state index contributed by atoms with van der Waals surface area (Å²) in [6.07, 6.45) is 0. The minimum absolute atomic E-state index is 0.0361. The molecule has 0 radical (unpaired) electrons. The number of halogens is 2. The molecule has 2 N–H and O–H groups in total. The molecule has 0 atom stereocenters. The molecule has 0 aliphatic heterocycles. The van der Waals surface area contributed by atoms with Gasteiger partial charge in [0.25, 0.3) is 0 Å². The number of hydrogen-bond donors (Lipinski definition) is 2. The van der Waals surface area contributed by atoms with Crippen molar-refractivity contribution in [3.63, 3.8) is 0 Å². The molecule has 5 heteroatoms. The van der Waals surface area contributed by atoms with E-state index in [0.29, 0.717) is 26.4 Å². The Kier molecular flexibility index (Phi) is 3.50. The molecule has 25 heavy (non-hydrogen) atoms. The fourth-order valence-electron chi connectivity index (χ4n) is 3.29. The summed E-state index contributed by atoms with van der Waals surface area (Å²) in [7, 11) is 0. The molecule has 0 amide bonds. The fourth-order valence-corrected chi connectivity index (χ4v) is 4.08. The lowest BCUT2D eigenvalue weighted by Gasteiger charge is -2.21. The highest BCUT2D eigenvalue weighted by Crippen LogP contribution is 2.49. The summed E-state index contributed by atoms with van der Waals surface area (Å²) < 4.78 is 6.57. The quantitative estimate of drug-likeness (QED) is 0.327. The van der Waals surface area contributed by atoms with Crippen molar-refractivity contribution in [1.82, 2.24) is 0 Å². The molecule has 0 aliphatic carbocycles. The zero-order valence-electron chi connectivity index (χ0n) is 13.9. The van der Waals surface area contributed by atoms with E-state index in [0.717, 1.165) is 16.3 Å². The minimum atomic E-state index is -0.268. The van der Waals surface area contributed by atoms with Crippen molar-refractivity contribution in [2.75, 3.05) is 0 Å². The van der Waals surface area contributed by atoms with Crippen LogP contribution in [0.3, 0.4) is 0 Å². The standard InChI is InChI=1S/C20H16BrClO3/c1-20(2,3)12-8-11-13-15(22)16(23)9-6-4-5-7-10(9)18(13)25-19(11)14(21)17(12)24/h4-8,23-24H,1-3H3. The highest BCUT2D eigenvalue weighted by molar-refractivity contribution is 9.10. The van der Waals surface area contributed by atoms with E-state index < -0.39 is 0 Å². The lowest BCUT2D eigenvalue weighted by atomic mass is 9.85. The summed E-state index contributed by atoms with van der Waals surface area (Å²) in [5.74, 6) is 0.192. The topological polar surface area (TPSA) is 53.6 Å². The van der Waals surface area contributed by atoms with E-state index in [1.54, 1.807) is 6.07 Å². The molecule has 4 rings (SSSR count). The van der Waals surface area contributed by atoms with Gasteiger partial charge in [-0.2, -0.15) is 0 Å².